The van der Waals surface area contributed by atoms with Crippen molar-refractivity contribution < 1.29 is 8.83 Å². The summed E-state index contributed by atoms with van der Waals surface area (Å²) in [6.45, 7) is 0. The van der Waals surface area contributed by atoms with Crippen LogP contribution in [-0.4, -0.2) is 18.3 Å². The van der Waals surface area contributed by atoms with Gasteiger partial charge in [-0.15, -0.1) is 0 Å². The molecule has 0 N–H and O–H groups in total. The molecule has 0 aliphatic rings. The van der Waals surface area contributed by atoms with Crippen LogP contribution in [0.3, 0.4) is 0 Å². The number of para-hydroxylation sites is 6. The Morgan fingerprint density at radius 3 is 0.675 bits per heavy atom. The number of aromatic nitrogens is 4. The summed E-state index contributed by atoms with van der Waals surface area (Å²) in [5.41, 5.74) is 34.9. The van der Waals surface area contributed by atoms with E-state index in [1.54, 1.807) is 0 Å². The molecule has 0 spiro atoms. The summed E-state index contributed by atoms with van der Waals surface area (Å²) >= 11 is 0. The maximum Gasteiger partial charge on any atom is 0.135 e. The van der Waals surface area contributed by atoms with Crippen molar-refractivity contribution in [3.8, 4) is 101 Å². The van der Waals surface area contributed by atoms with Crippen LogP contribution >= 0.6 is 0 Å². The first-order chi connectivity index (χ1) is 62.5. The van der Waals surface area contributed by atoms with Gasteiger partial charge in [-0.1, -0.05) is 309 Å². The minimum atomic E-state index is 0.922. The fraction of sp³-hybridized carbons (Fsp3) is 0. The van der Waals surface area contributed by atoms with Crippen LogP contribution in [0.5, 0.6) is 0 Å². The van der Waals surface area contributed by atoms with Gasteiger partial charge in [0.05, 0.1) is 44.1 Å². The molecule has 590 valence electrons. The third-order valence-corrected chi connectivity index (χ3v) is 25.3. The van der Waals surface area contributed by atoms with Crippen molar-refractivity contribution in [2.45, 2.75) is 0 Å². The Bertz CT molecular complexity index is 8690. The predicted octanol–water partition coefficient (Wildman–Crippen LogP) is 32.9. The lowest BCUT2D eigenvalue weighted by atomic mass is 9.99. The number of benzene rings is 20. The average Bonchev–Trinajstić information content (AvgIpc) is 1.51. The van der Waals surface area contributed by atoms with Crippen LogP contribution in [0.4, 0.5) is 0 Å². The number of nitrogens with zero attached hydrogens (tertiary/aromatic N) is 4. The molecule has 6 nitrogen and oxygen atoms in total. The topological polar surface area (TPSA) is 46.0 Å². The number of fused-ring (bicyclic) bond motifs is 18. The molecule has 0 atom stereocenters. The molecule has 0 bridgehead atoms. The van der Waals surface area contributed by atoms with E-state index >= 15 is 0 Å². The van der Waals surface area contributed by atoms with Crippen molar-refractivity contribution >= 4 is 131 Å². The lowest BCUT2D eigenvalue weighted by Gasteiger charge is -2.11. The van der Waals surface area contributed by atoms with Crippen molar-refractivity contribution in [3.05, 3.63) is 473 Å². The highest BCUT2D eigenvalue weighted by Crippen LogP contribution is 2.45. The first-order valence-corrected chi connectivity index (χ1v) is 43.1. The Balaban J connectivity index is 0.000000107. The second kappa shape index (κ2) is 30.7. The van der Waals surface area contributed by atoms with Crippen LogP contribution in [0.25, 0.3) is 232 Å². The van der Waals surface area contributed by atoms with Gasteiger partial charge in [0.25, 0.3) is 0 Å². The highest BCUT2D eigenvalue weighted by atomic mass is 16.3. The first-order valence-electron chi connectivity index (χ1n) is 43.1. The van der Waals surface area contributed by atoms with E-state index in [9.17, 15) is 0 Å². The summed E-state index contributed by atoms with van der Waals surface area (Å²) in [4.78, 5) is 0. The largest absolute Gasteiger partial charge is 0.456 e. The molecule has 6 heterocycles. The monoisotopic (exact) mass is 1610 g/mol. The third-order valence-electron chi connectivity index (χ3n) is 25.3. The van der Waals surface area contributed by atoms with Gasteiger partial charge in [-0.2, -0.15) is 0 Å². The van der Waals surface area contributed by atoms with Crippen LogP contribution in [0.1, 0.15) is 0 Å². The molecule has 26 aromatic rings. The molecule has 6 aromatic heterocycles. The zero-order chi connectivity index (χ0) is 83.1. The zero-order valence-electron chi connectivity index (χ0n) is 68.6. The molecule has 6 heteroatoms. The van der Waals surface area contributed by atoms with E-state index in [0.29, 0.717) is 0 Å². The van der Waals surface area contributed by atoms with E-state index < -0.39 is 0 Å². The van der Waals surface area contributed by atoms with Crippen LogP contribution in [0, 0.1) is 0 Å². The zero-order valence-corrected chi connectivity index (χ0v) is 68.6. The normalized spacial score (nSPS) is 11.7. The van der Waals surface area contributed by atoms with Crippen molar-refractivity contribution in [1.29, 1.82) is 0 Å². The van der Waals surface area contributed by atoms with Crippen molar-refractivity contribution in [3.63, 3.8) is 0 Å². The van der Waals surface area contributed by atoms with Crippen LogP contribution < -0.4 is 0 Å². The molecule has 0 aliphatic heterocycles. The molecule has 0 fully saturated rings. The number of rotatable bonds is 11. The van der Waals surface area contributed by atoms with E-state index in [-0.39, 0.29) is 0 Å². The Morgan fingerprint density at radius 2 is 0.317 bits per heavy atom. The van der Waals surface area contributed by atoms with Gasteiger partial charge in [0.1, 0.15) is 22.3 Å². The van der Waals surface area contributed by atoms with Gasteiger partial charge in [-0.3, -0.25) is 0 Å². The molecule has 0 saturated carbocycles. The molecular formula is C120H78N4O2. The van der Waals surface area contributed by atoms with Crippen molar-refractivity contribution in [2.24, 2.45) is 0 Å². The Morgan fingerprint density at radius 1 is 0.111 bits per heavy atom. The molecule has 0 aliphatic carbocycles. The lowest BCUT2D eigenvalue weighted by Crippen LogP contribution is -1.94. The van der Waals surface area contributed by atoms with Crippen LogP contribution in [-0.2, 0) is 0 Å². The van der Waals surface area contributed by atoms with E-state index in [1.165, 1.54) is 171 Å². The lowest BCUT2D eigenvalue weighted by molar-refractivity contribution is 0.668. The maximum absolute atomic E-state index is 6.06. The Kier molecular flexibility index (Phi) is 17.8. The molecule has 26 rings (SSSR count). The van der Waals surface area contributed by atoms with E-state index in [1.807, 2.05) is 24.3 Å². The standard InChI is InChI=1S/C48H32N2.2C36H23NO/c1-4-13-33(14-5-1)35-17-12-20-40(29-35)50-47-26-23-36(34-15-6-2-7-16-34)30-43(47)44-32-38(25-28-48(44)50)37-24-27-46-42(31-37)41-21-10-11-22-45(41)49(46)39-18-8-3-9-19-39;1-2-9-24(10-3-1)25-11-8-12-28(21-25)37-33-15-6-4-13-29(33)31-22-26(17-19-34(31)37)27-18-20-36-32(23-27)30-14-5-7-16-35(30)38-36;1-2-8-24(9-3-1)25-14-18-28(19-15-25)37-33-12-6-4-10-29(33)31-22-26(16-20-34(31)37)27-17-21-36-32(23-27)30-11-5-7-13-35(30)38-36/h1-32H;2*1-23H. The fourth-order valence-electron chi connectivity index (χ4n) is 19.3. The average molecular weight is 1610 g/mol. The van der Waals surface area contributed by atoms with Gasteiger partial charge in [0, 0.05) is 87.4 Å². The second-order valence-electron chi connectivity index (χ2n) is 32.6. The quantitative estimate of drug-likeness (QED) is 0.130. The number of hydrogen-bond acceptors (Lipinski definition) is 2. The molecular weight excluding hydrogens is 1530 g/mol. The number of hydrogen-bond donors (Lipinski definition) is 0. The van der Waals surface area contributed by atoms with Gasteiger partial charge < -0.3 is 27.1 Å². The molecule has 0 unspecified atom stereocenters. The summed E-state index contributed by atoms with van der Waals surface area (Å²) in [6.07, 6.45) is 0. The summed E-state index contributed by atoms with van der Waals surface area (Å²) in [5, 5.41) is 14.6. The molecule has 0 saturated heterocycles. The minimum Gasteiger partial charge on any atom is -0.456 e. The van der Waals surface area contributed by atoms with Gasteiger partial charge in [-0.05, 0) is 242 Å². The highest BCUT2D eigenvalue weighted by molar-refractivity contribution is 6.16. The van der Waals surface area contributed by atoms with Crippen molar-refractivity contribution in [1.82, 2.24) is 18.3 Å². The van der Waals surface area contributed by atoms with Gasteiger partial charge in [0.15, 0.2) is 0 Å². The summed E-state index contributed by atoms with van der Waals surface area (Å²) in [5.74, 6) is 0. The molecule has 126 heavy (non-hydrogen) atoms. The van der Waals surface area contributed by atoms with E-state index in [0.717, 1.165) is 60.9 Å². The van der Waals surface area contributed by atoms with E-state index in [4.69, 9.17) is 8.83 Å². The van der Waals surface area contributed by atoms with Gasteiger partial charge >= 0.3 is 0 Å². The minimum absolute atomic E-state index is 0.922. The number of furan rings is 2. The smallest absolute Gasteiger partial charge is 0.135 e. The Labute approximate surface area is 727 Å². The molecule has 20 aromatic carbocycles. The summed E-state index contributed by atoms with van der Waals surface area (Å²) < 4.78 is 21.7. The Hall–Kier alpha value is -16.8. The highest BCUT2D eigenvalue weighted by Gasteiger charge is 2.22. The van der Waals surface area contributed by atoms with Crippen molar-refractivity contribution in [2.75, 3.05) is 0 Å². The first kappa shape index (κ1) is 73.1. The SMILES string of the molecule is c1ccc(-c2ccc(-n3c4ccccc4c4cc(-c5ccc6oc7ccccc7c6c5)ccc43)cc2)cc1.c1ccc(-c2cccc(-n3c4ccc(-c5ccccc5)cc4c4cc(-c5ccc6c(c5)c5ccccc5n6-c5ccccc5)ccc43)c2)cc1.c1ccc(-c2cccc(-n3c4ccccc4c4cc(-c5ccc6oc7ccccc7c6c5)ccc43)c2)cc1. The predicted molar refractivity (Wildman–Crippen MR) is 529 cm³/mol. The fourth-order valence-corrected chi connectivity index (χ4v) is 19.3. The third kappa shape index (κ3) is 12.8. The van der Waals surface area contributed by atoms with Crippen LogP contribution in [0.2, 0.25) is 0 Å². The van der Waals surface area contributed by atoms with Gasteiger partial charge in [-0.25, -0.2) is 0 Å². The van der Waals surface area contributed by atoms with Gasteiger partial charge in [0.2, 0.25) is 0 Å². The summed E-state index contributed by atoms with van der Waals surface area (Å²) in [6, 6.07) is 170. The maximum atomic E-state index is 6.06. The van der Waals surface area contributed by atoms with Crippen LogP contribution in [0.15, 0.2) is 482 Å². The van der Waals surface area contributed by atoms with E-state index in [2.05, 4.69) is 467 Å². The second-order valence-corrected chi connectivity index (χ2v) is 32.6. The summed E-state index contributed by atoms with van der Waals surface area (Å²) in [7, 11) is 0. The molecule has 0 amide bonds. The molecule has 0 radical (unpaired) electrons.